The maximum absolute atomic E-state index is 5.47. The van der Waals surface area contributed by atoms with Gasteiger partial charge in [0.1, 0.15) is 0 Å². The first-order valence-corrected chi connectivity index (χ1v) is 20.6. The molecule has 4 heterocycles. The van der Waals surface area contributed by atoms with Crippen LogP contribution in [0.15, 0.2) is 164 Å². The lowest BCUT2D eigenvalue weighted by molar-refractivity contribution is 0.420. The molecule has 6 heteroatoms. The number of hydrogen-bond acceptors (Lipinski definition) is 3. The van der Waals surface area contributed by atoms with E-state index < -0.39 is 0 Å². The Kier molecular flexibility index (Phi) is 6.76. The normalized spacial score (nSPS) is 17.9. The fourth-order valence-electron chi connectivity index (χ4n) is 10.9. The fraction of sp³-hybridized carbons (Fsp3) is 0.135. The number of benzene rings is 7. The monoisotopic (exact) mass is 746 g/mol. The smallest absolute Gasteiger partial charge is 0.240 e. The number of aromatic nitrogens is 6. The van der Waals surface area contributed by atoms with E-state index in [1.54, 1.807) is 0 Å². The molecule has 13 rings (SSSR count). The van der Waals surface area contributed by atoms with Gasteiger partial charge in [-0.05, 0) is 91.1 Å². The molecule has 2 aliphatic rings. The summed E-state index contributed by atoms with van der Waals surface area (Å²) in [6.45, 7) is 0. The Morgan fingerprint density at radius 1 is 0.397 bits per heavy atom. The maximum Gasteiger partial charge on any atom is 0.240 e. The molecule has 4 aromatic heterocycles. The summed E-state index contributed by atoms with van der Waals surface area (Å²) in [7, 11) is 0. The van der Waals surface area contributed by atoms with Gasteiger partial charge in [-0.2, -0.15) is 15.0 Å². The van der Waals surface area contributed by atoms with Gasteiger partial charge in [0.2, 0.25) is 11.9 Å². The Morgan fingerprint density at radius 2 is 0.862 bits per heavy atom. The summed E-state index contributed by atoms with van der Waals surface area (Å²) < 4.78 is 6.87. The minimum absolute atomic E-state index is 0.579. The van der Waals surface area contributed by atoms with Crippen LogP contribution in [0, 0.1) is 11.8 Å². The standard InChI is InChI=1S/C52H38N6/c1-7-19-43-39(17-1)40-28-27-34(42-30-32-25-26-33(42)29-32)31-49(40)56(43)48-24-12-6-18-41(48)50-53-51(57-44-20-8-2-13-35(44)36-14-3-9-21-45(36)57)55-52(54-50)58-46-22-10-4-15-37(46)38-16-5-11-23-47(38)58/h1-24,27-28,31-33,42H,25-26,29-30H2. The molecule has 7 aromatic carbocycles. The van der Waals surface area contributed by atoms with E-state index in [1.165, 1.54) is 53.1 Å². The van der Waals surface area contributed by atoms with E-state index in [1.807, 2.05) is 0 Å². The Morgan fingerprint density at radius 3 is 1.36 bits per heavy atom. The molecule has 0 N–H and O–H groups in total. The van der Waals surface area contributed by atoms with Crippen molar-refractivity contribution in [1.29, 1.82) is 0 Å². The van der Waals surface area contributed by atoms with Gasteiger partial charge in [-0.3, -0.25) is 9.13 Å². The minimum atomic E-state index is 0.579. The van der Waals surface area contributed by atoms with Crippen LogP contribution in [0.5, 0.6) is 0 Å². The summed E-state index contributed by atoms with van der Waals surface area (Å²) >= 11 is 0. The molecule has 2 saturated carbocycles. The van der Waals surface area contributed by atoms with Gasteiger partial charge in [0, 0.05) is 37.9 Å². The Bertz CT molecular complexity index is 3220. The summed E-state index contributed by atoms with van der Waals surface area (Å²) in [5.74, 6) is 4.10. The molecule has 2 bridgehead atoms. The first-order chi connectivity index (χ1) is 28.8. The third-order valence-electron chi connectivity index (χ3n) is 13.4. The topological polar surface area (TPSA) is 53.5 Å². The molecule has 3 unspecified atom stereocenters. The molecule has 0 radical (unpaired) electrons. The maximum atomic E-state index is 5.47. The number of fused-ring (bicyclic) bond motifs is 11. The number of para-hydroxylation sites is 6. The number of rotatable bonds is 5. The summed E-state index contributed by atoms with van der Waals surface area (Å²) in [4.78, 5) is 16.3. The number of hydrogen-bond donors (Lipinski definition) is 0. The molecule has 11 aromatic rings. The van der Waals surface area contributed by atoms with Crippen LogP contribution in [0.1, 0.15) is 37.2 Å². The highest BCUT2D eigenvalue weighted by molar-refractivity contribution is 6.11. The average Bonchev–Trinajstić information content (AvgIpc) is 4.12. The van der Waals surface area contributed by atoms with E-state index in [9.17, 15) is 0 Å². The lowest BCUT2D eigenvalue weighted by Crippen LogP contribution is -2.11. The molecule has 2 fully saturated rings. The highest BCUT2D eigenvalue weighted by Gasteiger charge is 2.40. The van der Waals surface area contributed by atoms with Crippen molar-refractivity contribution in [3.8, 4) is 29.0 Å². The van der Waals surface area contributed by atoms with Gasteiger partial charge in [0.05, 0.1) is 38.8 Å². The van der Waals surface area contributed by atoms with Crippen molar-refractivity contribution in [3.05, 3.63) is 169 Å². The zero-order chi connectivity index (χ0) is 37.9. The van der Waals surface area contributed by atoms with Crippen LogP contribution in [0.2, 0.25) is 0 Å². The van der Waals surface area contributed by atoms with Gasteiger partial charge in [0.25, 0.3) is 0 Å². The second kappa shape index (κ2) is 12.2. The molecule has 58 heavy (non-hydrogen) atoms. The molecule has 276 valence electrons. The molecular weight excluding hydrogens is 709 g/mol. The van der Waals surface area contributed by atoms with Crippen molar-refractivity contribution in [3.63, 3.8) is 0 Å². The van der Waals surface area contributed by atoms with Crippen LogP contribution in [0.4, 0.5) is 0 Å². The molecule has 0 saturated heterocycles. The largest absolute Gasteiger partial charge is 0.308 e. The summed E-state index contributed by atoms with van der Waals surface area (Å²) in [6.07, 6.45) is 5.46. The molecule has 0 aliphatic heterocycles. The molecule has 0 spiro atoms. The van der Waals surface area contributed by atoms with E-state index in [0.717, 1.165) is 66.7 Å². The van der Waals surface area contributed by atoms with Crippen molar-refractivity contribution in [2.45, 2.75) is 31.6 Å². The van der Waals surface area contributed by atoms with Crippen LogP contribution in [0.25, 0.3) is 94.4 Å². The van der Waals surface area contributed by atoms with Crippen molar-refractivity contribution in [2.75, 3.05) is 0 Å². The van der Waals surface area contributed by atoms with Gasteiger partial charge in [-0.25, -0.2) is 0 Å². The third-order valence-corrected chi connectivity index (χ3v) is 13.4. The van der Waals surface area contributed by atoms with E-state index in [2.05, 4.69) is 177 Å². The van der Waals surface area contributed by atoms with Crippen LogP contribution in [-0.4, -0.2) is 28.7 Å². The summed E-state index contributed by atoms with van der Waals surface area (Å²) in [5, 5.41) is 7.17. The highest BCUT2D eigenvalue weighted by Crippen LogP contribution is 2.53. The van der Waals surface area contributed by atoms with Crippen molar-refractivity contribution in [2.24, 2.45) is 11.8 Å². The lowest BCUT2D eigenvalue weighted by atomic mass is 9.83. The Hall–Kier alpha value is -7.05. The van der Waals surface area contributed by atoms with Crippen LogP contribution in [0.3, 0.4) is 0 Å². The first-order valence-electron chi connectivity index (χ1n) is 20.6. The molecule has 6 nitrogen and oxygen atoms in total. The zero-order valence-electron chi connectivity index (χ0n) is 31.8. The Balaban J connectivity index is 1.11. The van der Waals surface area contributed by atoms with E-state index in [-0.39, 0.29) is 0 Å². The van der Waals surface area contributed by atoms with Crippen LogP contribution in [-0.2, 0) is 0 Å². The summed E-state index contributed by atoms with van der Waals surface area (Å²) in [5.41, 5.74) is 10.1. The predicted octanol–water partition coefficient (Wildman–Crippen LogP) is 12.7. The second-order valence-electron chi connectivity index (χ2n) is 16.4. The lowest BCUT2D eigenvalue weighted by Gasteiger charge is -2.22. The van der Waals surface area contributed by atoms with Crippen molar-refractivity contribution < 1.29 is 0 Å². The van der Waals surface area contributed by atoms with E-state index >= 15 is 0 Å². The molecule has 3 atom stereocenters. The van der Waals surface area contributed by atoms with Gasteiger partial charge in [-0.1, -0.05) is 122 Å². The van der Waals surface area contributed by atoms with Crippen LogP contribution >= 0.6 is 0 Å². The van der Waals surface area contributed by atoms with Gasteiger partial charge in [0.15, 0.2) is 5.82 Å². The molecule has 2 aliphatic carbocycles. The summed E-state index contributed by atoms with van der Waals surface area (Å²) in [6, 6.07) is 59.0. The van der Waals surface area contributed by atoms with Crippen molar-refractivity contribution in [1.82, 2.24) is 28.7 Å². The van der Waals surface area contributed by atoms with E-state index in [0.29, 0.717) is 23.6 Å². The molecule has 0 amide bonds. The average molecular weight is 747 g/mol. The molecular formula is C52H38N6. The fourth-order valence-corrected chi connectivity index (χ4v) is 10.9. The quantitative estimate of drug-likeness (QED) is 0.176. The Labute approximate surface area is 334 Å². The number of nitrogens with zero attached hydrogens (tertiary/aromatic N) is 6. The van der Waals surface area contributed by atoms with Crippen LogP contribution < -0.4 is 0 Å². The second-order valence-corrected chi connectivity index (χ2v) is 16.4. The highest BCUT2D eigenvalue weighted by atomic mass is 15.3. The van der Waals surface area contributed by atoms with Gasteiger partial charge >= 0.3 is 0 Å². The zero-order valence-corrected chi connectivity index (χ0v) is 31.8. The van der Waals surface area contributed by atoms with Crippen molar-refractivity contribution >= 4 is 65.4 Å². The van der Waals surface area contributed by atoms with Gasteiger partial charge < -0.3 is 4.57 Å². The predicted molar refractivity (Wildman–Crippen MR) is 236 cm³/mol. The van der Waals surface area contributed by atoms with E-state index in [4.69, 9.17) is 15.0 Å². The SMILES string of the molecule is c1ccc(-n2c3ccccc3c3ccc(C4CC5CCC4C5)cc32)c(-c2nc(-n3c4ccccc4c4ccccc43)nc(-n3c4ccccc4c4ccccc43)n2)c1. The third kappa shape index (κ3) is 4.57. The van der Waals surface area contributed by atoms with Gasteiger partial charge in [-0.15, -0.1) is 0 Å². The first kappa shape index (κ1) is 32.1. The minimum Gasteiger partial charge on any atom is -0.308 e.